The van der Waals surface area contributed by atoms with Crippen LogP contribution in [0.4, 0.5) is 11.4 Å². The van der Waals surface area contributed by atoms with E-state index in [1.54, 1.807) is 42.5 Å². The molecule has 0 bridgehead atoms. The summed E-state index contributed by atoms with van der Waals surface area (Å²) < 4.78 is 5.81. The number of hydrogen-bond donors (Lipinski definition) is 2. The number of nitro benzene ring substituents is 1. The first-order valence-electron chi connectivity index (χ1n) is 9.55. The average Bonchev–Trinajstić information content (AvgIpc) is 3.26. The van der Waals surface area contributed by atoms with Crippen LogP contribution in [-0.2, 0) is 0 Å². The number of ether oxygens (including phenoxy) is 1. The van der Waals surface area contributed by atoms with Crippen LogP contribution in [0, 0.1) is 17.0 Å². The third-order valence-corrected chi connectivity index (χ3v) is 4.90. The molecule has 9 heteroatoms. The predicted octanol–water partition coefficient (Wildman–Crippen LogP) is 5.99. The summed E-state index contributed by atoms with van der Waals surface area (Å²) in [6.07, 6.45) is 0. The molecule has 0 radical (unpaired) electrons. The van der Waals surface area contributed by atoms with Crippen LogP contribution in [0.15, 0.2) is 72.8 Å². The highest BCUT2D eigenvalue weighted by Gasteiger charge is 2.16. The number of nitro groups is 1. The molecule has 160 valence electrons. The highest BCUT2D eigenvalue weighted by Crippen LogP contribution is 2.31. The Balaban J connectivity index is 1.57. The van der Waals surface area contributed by atoms with E-state index < -0.39 is 10.8 Å². The Hall–Kier alpha value is -4.17. The first-order valence-corrected chi connectivity index (χ1v) is 9.92. The Morgan fingerprint density at radius 3 is 2.56 bits per heavy atom. The number of H-pyrrole nitrogens is 1. The average molecular weight is 449 g/mol. The third-order valence-electron chi connectivity index (χ3n) is 4.64. The molecule has 1 amide bonds. The van der Waals surface area contributed by atoms with Crippen LogP contribution in [0.5, 0.6) is 11.5 Å². The maximum atomic E-state index is 12.7. The molecule has 3 aromatic carbocycles. The zero-order chi connectivity index (χ0) is 22.7. The molecule has 4 rings (SSSR count). The molecule has 8 nitrogen and oxygen atoms in total. The molecule has 0 saturated heterocycles. The van der Waals surface area contributed by atoms with E-state index in [1.165, 1.54) is 18.2 Å². The van der Waals surface area contributed by atoms with Crippen LogP contribution in [-0.4, -0.2) is 21.0 Å². The number of nitrogens with zero attached hydrogens (tertiary/aromatic N) is 2. The molecule has 32 heavy (non-hydrogen) atoms. The molecular weight excluding hydrogens is 432 g/mol. The number of nitrogens with one attached hydrogen (secondary N) is 2. The molecule has 1 aromatic heterocycles. The van der Waals surface area contributed by atoms with Crippen LogP contribution < -0.4 is 10.1 Å². The van der Waals surface area contributed by atoms with Gasteiger partial charge in [-0.05, 0) is 36.8 Å². The van der Waals surface area contributed by atoms with E-state index >= 15 is 0 Å². The number of halogens is 1. The summed E-state index contributed by atoms with van der Waals surface area (Å²) in [7, 11) is 0. The lowest BCUT2D eigenvalue weighted by Gasteiger charge is -2.10. The summed E-state index contributed by atoms with van der Waals surface area (Å²) in [5, 5.41) is 21.4. The van der Waals surface area contributed by atoms with Crippen LogP contribution in [0.2, 0.25) is 5.02 Å². The lowest BCUT2D eigenvalue weighted by Crippen LogP contribution is -2.12. The minimum atomic E-state index is -0.546. The van der Waals surface area contributed by atoms with E-state index in [-0.39, 0.29) is 22.8 Å². The van der Waals surface area contributed by atoms with Crippen molar-refractivity contribution in [1.82, 2.24) is 10.2 Å². The van der Waals surface area contributed by atoms with Gasteiger partial charge in [0.15, 0.2) is 0 Å². The molecule has 0 aliphatic heterocycles. The summed E-state index contributed by atoms with van der Waals surface area (Å²) in [5.74, 6) is 0.293. The third kappa shape index (κ3) is 4.76. The molecule has 4 aromatic rings. The molecule has 0 aliphatic rings. The molecule has 0 saturated carbocycles. The topological polar surface area (TPSA) is 110 Å². The van der Waals surface area contributed by atoms with E-state index in [0.717, 1.165) is 11.1 Å². The summed E-state index contributed by atoms with van der Waals surface area (Å²) in [6, 6.07) is 20.0. The standard InChI is InChI=1S/C23H17ClN4O4/c1-14-4-2-3-5-22(14)32-19-11-17(10-18(12-19)28(30)31)25-23(29)21-13-20(26-27-21)15-6-8-16(24)9-7-15/h2-13H,1H3,(H,25,29)(H,26,27). The number of aryl methyl sites for hydroxylation is 1. The SMILES string of the molecule is Cc1ccccc1Oc1cc(NC(=O)c2cc(-c3ccc(Cl)cc3)n[nH]2)cc([N+](=O)[O-])c1. The molecular formula is C23H17ClN4O4. The van der Waals surface area contributed by atoms with E-state index in [1.807, 2.05) is 19.1 Å². The Morgan fingerprint density at radius 1 is 1.09 bits per heavy atom. The van der Waals surface area contributed by atoms with Crippen LogP contribution >= 0.6 is 11.6 Å². The fourth-order valence-electron chi connectivity index (χ4n) is 3.02. The van der Waals surface area contributed by atoms with Gasteiger partial charge in [0.05, 0.1) is 22.4 Å². The van der Waals surface area contributed by atoms with Crippen LogP contribution in [0.3, 0.4) is 0 Å². The molecule has 2 N–H and O–H groups in total. The number of hydrogen-bond acceptors (Lipinski definition) is 5. The predicted molar refractivity (Wildman–Crippen MR) is 121 cm³/mol. The van der Waals surface area contributed by atoms with Gasteiger partial charge in [-0.15, -0.1) is 0 Å². The summed E-state index contributed by atoms with van der Waals surface area (Å²) >= 11 is 5.90. The highest BCUT2D eigenvalue weighted by atomic mass is 35.5. The Labute approximate surface area is 188 Å². The Kier molecular flexibility index (Phi) is 5.87. The number of non-ortho nitro benzene ring substituents is 1. The second-order valence-electron chi connectivity index (χ2n) is 6.97. The van der Waals surface area contributed by atoms with Gasteiger partial charge in [0, 0.05) is 22.7 Å². The number of benzene rings is 3. The summed E-state index contributed by atoms with van der Waals surface area (Å²) in [5.41, 5.74) is 2.43. The van der Waals surface area contributed by atoms with Gasteiger partial charge < -0.3 is 10.1 Å². The lowest BCUT2D eigenvalue weighted by atomic mass is 10.1. The minimum Gasteiger partial charge on any atom is -0.457 e. The smallest absolute Gasteiger partial charge is 0.275 e. The van der Waals surface area contributed by atoms with Crippen molar-refractivity contribution in [3.05, 3.63) is 99.2 Å². The van der Waals surface area contributed by atoms with E-state index in [9.17, 15) is 14.9 Å². The molecule has 0 aliphatic carbocycles. The van der Waals surface area contributed by atoms with E-state index in [4.69, 9.17) is 16.3 Å². The summed E-state index contributed by atoms with van der Waals surface area (Å²) in [4.78, 5) is 23.5. The second kappa shape index (κ2) is 8.91. The lowest BCUT2D eigenvalue weighted by molar-refractivity contribution is -0.384. The maximum absolute atomic E-state index is 12.7. The molecule has 1 heterocycles. The van der Waals surface area contributed by atoms with Crippen molar-refractivity contribution in [2.24, 2.45) is 0 Å². The van der Waals surface area contributed by atoms with Crippen molar-refractivity contribution in [2.75, 3.05) is 5.32 Å². The maximum Gasteiger partial charge on any atom is 0.275 e. The van der Waals surface area contributed by atoms with Crippen molar-refractivity contribution in [3.8, 4) is 22.8 Å². The van der Waals surface area contributed by atoms with Gasteiger partial charge in [0.25, 0.3) is 11.6 Å². The van der Waals surface area contributed by atoms with Crippen LogP contribution in [0.1, 0.15) is 16.1 Å². The first kappa shape index (κ1) is 21.1. The largest absolute Gasteiger partial charge is 0.457 e. The fraction of sp³-hybridized carbons (Fsp3) is 0.0435. The van der Waals surface area contributed by atoms with E-state index in [2.05, 4.69) is 15.5 Å². The van der Waals surface area contributed by atoms with Crippen molar-refractivity contribution < 1.29 is 14.5 Å². The normalized spacial score (nSPS) is 10.6. The Bertz CT molecular complexity index is 1300. The number of amides is 1. The van der Waals surface area contributed by atoms with Gasteiger partial charge in [0.1, 0.15) is 17.2 Å². The number of aromatic nitrogens is 2. The van der Waals surface area contributed by atoms with Gasteiger partial charge in [-0.3, -0.25) is 20.0 Å². The zero-order valence-electron chi connectivity index (χ0n) is 16.8. The van der Waals surface area contributed by atoms with Crippen molar-refractivity contribution >= 4 is 28.9 Å². The Morgan fingerprint density at radius 2 is 1.84 bits per heavy atom. The van der Waals surface area contributed by atoms with Gasteiger partial charge in [-0.25, -0.2) is 0 Å². The number of carbonyl (C=O) groups is 1. The van der Waals surface area contributed by atoms with Crippen molar-refractivity contribution in [3.63, 3.8) is 0 Å². The molecule has 0 fully saturated rings. The van der Waals surface area contributed by atoms with Crippen molar-refractivity contribution in [2.45, 2.75) is 6.92 Å². The molecule has 0 spiro atoms. The fourth-order valence-corrected chi connectivity index (χ4v) is 3.15. The quantitative estimate of drug-likeness (QED) is 0.278. The molecule has 0 unspecified atom stereocenters. The highest BCUT2D eigenvalue weighted by molar-refractivity contribution is 6.30. The van der Waals surface area contributed by atoms with Gasteiger partial charge in [-0.2, -0.15) is 5.10 Å². The minimum absolute atomic E-state index is 0.197. The molecule has 0 atom stereocenters. The van der Waals surface area contributed by atoms with Crippen LogP contribution in [0.25, 0.3) is 11.3 Å². The zero-order valence-corrected chi connectivity index (χ0v) is 17.6. The first-order chi connectivity index (χ1) is 15.4. The second-order valence-corrected chi connectivity index (χ2v) is 7.40. The number of aromatic amines is 1. The van der Waals surface area contributed by atoms with Gasteiger partial charge >= 0.3 is 0 Å². The van der Waals surface area contributed by atoms with Gasteiger partial charge in [-0.1, -0.05) is 41.9 Å². The summed E-state index contributed by atoms with van der Waals surface area (Å²) in [6.45, 7) is 1.87. The number of carbonyl (C=O) groups excluding carboxylic acids is 1. The number of rotatable bonds is 6. The van der Waals surface area contributed by atoms with Crippen molar-refractivity contribution in [1.29, 1.82) is 0 Å². The number of para-hydroxylation sites is 1. The number of anilines is 1. The monoisotopic (exact) mass is 448 g/mol. The van der Waals surface area contributed by atoms with Gasteiger partial charge in [0.2, 0.25) is 0 Å². The van der Waals surface area contributed by atoms with E-state index in [0.29, 0.717) is 16.5 Å².